The summed E-state index contributed by atoms with van der Waals surface area (Å²) >= 11 is 0. The van der Waals surface area contributed by atoms with Crippen LogP contribution >= 0.6 is 0 Å². The Morgan fingerprint density at radius 1 is 0.838 bits per heavy atom. The van der Waals surface area contributed by atoms with Crippen molar-refractivity contribution < 1.29 is 16.8 Å². The van der Waals surface area contributed by atoms with Gasteiger partial charge in [-0.25, -0.2) is 26.8 Å². The second-order valence-corrected chi connectivity index (χ2v) is 12.9. The van der Waals surface area contributed by atoms with Crippen molar-refractivity contribution in [3.63, 3.8) is 0 Å². The molecule has 1 heterocycles. The summed E-state index contributed by atoms with van der Waals surface area (Å²) < 4.78 is 48.7. The first-order chi connectivity index (χ1) is 17.6. The van der Waals surface area contributed by atoms with Crippen LogP contribution in [0.25, 0.3) is 10.9 Å². The van der Waals surface area contributed by atoms with Crippen molar-refractivity contribution >= 4 is 47.8 Å². The minimum absolute atomic E-state index is 0.0814. The number of hydrogen-bond acceptors (Lipinski definition) is 9. The molecule has 0 aliphatic carbocycles. The molecule has 0 saturated heterocycles. The fourth-order valence-corrected chi connectivity index (χ4v) is 5.72. The fourth-order valence-electron chi connectivity index (χ4n) is 3.93. The minimum Gasteiger partial charge on any atom is -0.383 e. The molecule has 0 aliphatic heterocycles. The van der Waals surface area contributed by atoms with E-state index in [9.17, 15) is 16.8 Å². The van der Waals surface area contributed by atoms with Gasteiger partial charge in [0.2, 0.25) is 9.84 Å². The Balaban J connectivity index is 1.59. The normalized spacial score (nSPS) is 12.0. The number of nitrogens with two attached hydrogens (primary N) is 1. The Kier molecular flexibility index (Phi) is 8.06. The average molecular weight is 540 g/mol. The lowest BCUT2D eigenvalue weighted by atomic mass is 10.1. The van der Waals surface area contributed by atoms with Crippen molar-refractivity contribution in [2.24, 2.45) is 0 Å². The van der Waals surface area contributed by atoms with Gasteiger partial charge in [-0.2, -0.15) is 0 Å². The smallest absolute Gasteiger partial charge is 0.206 e. The van der Waals surface area contributed by atoms with Gasteiger partial charge >= 0.3 is 0 Å². The maximum Gasteiger partial charge on any atom is 0.206 e. The molecular weight excluding hydrogens is 510 g/mol. The van der Waals surface area contributed by atoms with Crippen molar-refractivity contribution in [2.45, 2.75) is 16.2 Å². The number of nitrogens with one attached hydrogen (secondary N) is 1. The van der Waals surface area contributed by atoms with Crippen LogP contribution in [0.4, 0.5) is 17.2 Å². The number of anilines is 3. The van der Waals surface area contributed by atoms with E-state index in [1.807, 2.05) is 18.2 Å². The van der Waals surface area contributed by atoms with E-state index < -0.39 is 19.7 Å². The highest BCUT2D eigenvalue weighted by atomic mass is 32.2. The Labute approximate surface area is 217 Å². The first kappa shape index (κ1) is 26.5. The number of nitrogens with zero attached hydrogens (tertiary/aromatic N) is 3. The van der Waals surface area contributed by atoms with Gasteiger partial charge in [0.05, 0.1) is 21.1 Å². The van der Waals surface area contributed by atoms with Crippen molar-refractivity contribution in [2.75, 3.05) is 42.3 Å². The molecule has 0 bridgehead atoms. The zero-order chi connectivity index (χ0) is 26.5. The van der Waals surface area contributed by atoms with Crippen LogP contribution in [0, 0.1) is 0 Å². The number of rotatable bonds is 11. The summed E-state index contributed by atoms with van der Waals surface area (Å²) in [7, 11) is -6.65. The second-order valence-electron chi connectivity index (χ2n) is 8.66. The lowest BCUT2D eigenvalue weighted by Crippen LogP contribution is -2.27. The van der Waals surface area contributed by atoms with Crippen molar-refractivity contribution in [1.29, 1.82) is 0 Å². The van der Waals surface area contributed by atoms with E-state index in [1.54, 1.807) is 54.6 Å². The molecule has 0 fully saturated rings. The van der Waals surface area contributed by atoms with E-state index in [-0.39, 0.29) is 15.5 Å². The summed E-state index contributed by atoms with van der Waals surface area (Å²) in [4.78, 5) is 10.9. The summed E-state index contributed by atoms with van der Waals surface area (Å²) in [6, 6.07) is 20.8. The molecule has 194 valence electrons. The SMILES string of the molecule is CS(=O)(=O)CCNCCCN(c1ccc(S(=O)(=O)c2ccccc2)cc1)c1ccc2ncnc(N)c2c1. The molecule has 37 heavy (non-hydrogen) atoms. The zero-order valence-electron chi connectivity index (χ0n) is 20.4. The third-order valence-corrected chi connectivity index (χ3v) is 8.59. The number of aromatic nitrogens is 2. The van der Waals surface area contributed by atoms with Crippen LogP contribution in [0.15, 0.2) is 88.9 Å². The maximum atomic E-state index is 13.0. The molecule has 9 nitrogen and oxygen atoms in total. The van der Waals surface area contributed by atoms with Gasteiger partial charge in [-0.1, -0.05) is 18.2 Å². The van der Waals surface area contributed by atoms with Crippen LogP contribution in [0.2, 0.25) is 0 Å². The molecule has 0 unspecified atom stereocenters. The molecule has 4 aromatic rings. The average Bonchev–Trinajstić information content (AvgIpc) is 2.88. The standard InChI is InChI=1S/C26H29N5O4S2/c1-36(32,33)17-15-28-14-5-16-31(21-10-13-25-24(18-21)26(27)30-19-29-25)20-8-11-23(12-9-20)37(34,35)22-6-3-2-4-7-22/h2-4,6-13,18-19,28H,5,14-17H2,1H3,(H2,27,29,30). The first-order valence-electron chi connectivity index (χ1n) is 11.7. The third kappa shape index (κ3) is 6.62. The summed E-state index contributed by atoms with van der Waals surface area (Å²) in [6.07, 6.45) is 3.35. The van der Waals surface area contributed by atoms with E-state index in [0.717, 1.165) is 22.3 Å². The van der Waals surface area contributed by atoms with Crippen LogP contribution in [0.3, 0.4) is 0 Å². The number of sulfone groups is 2. The molecule has 1 aromatic heterocycles. The van der Waals surface area contributed by atoms with E-state index in [2.05, 4.69) is 20.2 Å². The van der Waals surface area contributed by atoms with E-state index in [0.29, 0.717) is 31.9 Å². The van der Waals surface area contributed by atoms with Gasteiger partial charge in [-0.3, -0.25) is 0 Å². The Morgan fingerprint density at radius 3 is 2.22 bits per heavy atom. The molecule has 0 radical (unpaired) electrons. The lowest BCUT2D eigenvalue weighted by Gasteiger charge is -2.26. The van der Waals surface area contributed by atoms with Gasteiger partial charge in [0.25, 0.3) is 0 Å². The highest BCUT2D eigenvalue weighted by Crippen LogP contribution is 2.31. The Bertz CT molecular complexity index is 1580. The molecular formula is C26H29N5O4S2. The number of hydrogen-bond donors (Lipinski definition) is 2. The molecule has 0 aliphatic rings. The minimum atomic E-state index is -3.63. The quantitative estimate of drug-likeness (QED) is 0.275. The van der Waals surface area contributed by atoms with Crippen molar-refractivity contribution in [1.82, 2.24) is 15.3 Å². The van der Waals surface area contributed by atoms with E-state index >= 15 is 0 Å². The molecule has 4 rings (SSSR count). The summed E-state index contributed by atoms with van der Waals surface area (Å²) in [5, 5.41) is 3.88. The van der Waals surface area contributed by atoms with Crippen molar-refractivity contribution in [3.05, 3.63) is 79.1 Å². The first-order valence-corrected chi connectivity index (χ1v) is 15.3. The molecule has 3 N–H and O–H groups in total. The highest BCUT2D eigenvalue weighted by molar-refractivity contribution is 7.91. The summed E-state index contributed by atoms with van der Waals surface area (Å²) in [6.45, 7) is 1.59. The molecule has 11 heteroatoms. The molecule has 0 saturated carbocycles. The van der Waals surface area contributed by atoms with Crippen LogP contribution in [-0.2, 0) is 19.7 Å². The van der Waals surface area contributed by atoms with Crippen LogP contribution in [0.1, 0.15) is 6.42 Å². The summed E-state index contributed by atoms with van der Waals surface area (Å²) in [5.74, 6) is 0.455. The van der Waals surface area contributed by atoms with E-state index in [4.69, 9.17) is 5.73 Å². The largest absolute Gasteiger partial charge is 0.383 e. The number of nitrogen functional groups attached to an aromatic ring is 1. The van der Waals surface area contributed by atoms with Gasteiger partial charge in [0.1, 0.15) is 22.0 Å². The number of fused-ring (bicyclic) bond motifs is 1. The highest BCUT2D eigenvalue weighted by Gasteiger charge is 2.18. The van der Waals surface area contributed by atoms with Gasteiger partial charge in [-0.05, 0) is 67.6 Å². The van der Waals surface area contributed by atoms with Crippen LogP contribution < -0.4 is 16.0 Å². The molecule has 0 spiro atoms. The molecule has 3 aromatic carbocycles. The number of benzene rings is 3. The molecule has 0 atom stereocenters. The van der Waals surface area contributed by atoms with Crippen LogP contribution in [0.5, 0.6) is 0 Å². The zero-order valence-corrected chi connectivity index (χ0v) is 22.0. The van der Waals surface area contributed by atoms with Crippen molar-refractivity contribution in [3.8, 4) is 0 Å². The third-order valence-electron chi connectivity index (χ3n) is 5.86. The summed E-state index contributed by atoms with van der Waals surface area (Å²) in [5.41, 5.74) is 8.46. The Hall–Kier alpha value is -3.54. The van der Waals surface area contributed by atoms with E-state index in [1.165, 1.54) is 12.6 Å². The molecule has 0 amide bonds. The second kappa shape index (κ2) is 11.2. The lowest BCUT2D eigenvalue weighted by molar-refractivity contribution is 0.594. The predicted octanol–water partition coefficient (Wildman–Crippen LogP) is 3.21. The van der Waals surface area contributed by atoms with Gasteiger partial charge in [0, 0.05) is 36.1 Å². The monoisotopic (exact) mass is 539 g/mol. The van der Waals surface area contributed by atoms with Crippen LogP contribution in [-0.4, -0.2) is 58.4 Å². The van der Waals surface area contributed by atoms with Gasteiger partial charge in [-0.15, -0.1) is 0 Å². The predicted molar refractivity (Wildman–Crippen MR) is 146 cm³/mol. The topological polar surface area (TPSA) is 135 Å². The maximum absolute atomic E-state index is 13.0. The Morgan fingerprint density at radius 2 is 1.51 bits per heavy atom. The van der Waals surface area contributed by atoms with Gasteiger partial charge in [0.15, 0.2) is 0 Å². The fraction of sp³-hybridized carbons (Fsp3) is 0.231. The van der Waals surface area contributed by atoms with Gasteiger partial charge < -0.3 is 16.0 Å².